The highest BCUT2D eigenvalue weighted by Crippen LogP contribution is 2.70. The Kier molecular flexibility index (Phi) is 10.5. The van der Waals surface area contributed by atoms with Gasteiger partial charge in [-0.15, -0.1) is 0 Å². The van der Waals surface area contributed by atoms with E-state index in [1.165, 1.54) is 6.92 Å². The van der Waals surface area contributed by atoms with Gasteiger partial charge in [0.15, 0.2) is 0 Å². The summed E-state index contributed by atoms with van der Waals surface area (Å²) < 4.78 is 199. The van der Waals surface area contributed by atoms with Crippen LogP contribution >= 0.6 is 0 Å². The first-order valence-corrected chi connectivity index (χ1v) is 13.5. The first-order chi connectivity index (χ1) is 16.9. The second kappa shape index (κ2) is 10.7. The van der Waals surface area contributed by atoms with Crippen molar-refractivity contribution in [2.75, 3.05) is 0 Å². The van der Waals surface area contributed by atoms with Gasteiger partial charge in [-0.2, -0.15) is 43.5 Å². The van der Waals surface area contributed by atoms with Gasteiger partial charge in [0.2, 0.25) is 0 Å². The zero-order valence-corrected chi connectivity index (χ0v) is 24.0. The standard InChI is InChI=1S/C23H37F11O4S/c1-10-15(5,6)16(7,11-2)21(30,38-22(31,32)23(33,34)39(35,36)37)20(28,29)18(9,13-4)17(8,12-3)19(26,27)14(24)25/h14H,10-13H2,1-9H3,(H,35,36,37). The topological polar surface area (TPSA) is 63.6 Å². The molecule has 0 heterocycles. The third-order valence-electron chi connectivity index (χ3n) is 9.46. The fraction of sp³-hybridized carbons (Fsp3) is 1.00. The summed E-state index contributed by atoms with van der Waals surface area (Å²) in [4.78, 5) is 0. The number of ether oxygens (including phenoxy) is 1. The molecule has 0 saturated carbocycles. The highest BCUT2D eigenvalue weighted by atomic mass is 32.2. The summed E-state index contributed by atoms with van der Waals surface area (Å²) >= 11 is 0. The molecule has 1 N–H and O–H groups in total. The molecular weight excluding hydrogens is 581 g/mol. The Bertz CT molecular complexity index is 973. The minimum Gasteiger partial charge on any atom is -0.281 e. The molecule has 0 aromatic heterocycles. The molecule has 4 atom stereocenters. The number of halogens is 11. The van der Waals surface area contributed by atoms with Crippen molar-refractivity contribution in [1.82, 2.24) is 0 Å². The summed E-state index contributed by atoms with van der Waals surface area (Å²) in [5.41, 5.74) is -12.2. The SMILES string of the molecule is CCC(C)(C)C(C)(CC)C(F)(OC(F)(F)C(F)(F)S(=O)(=O)O)C(F)(F)C(C)(CC)C(C)(CC)C(F)(F)C(F)F. The van der Waals surface area contributed by atoms with Crippen LogP contribution in [0.2, 0.25) is 0 Å². The van der Waals surface area contributed by atoms with E-state index < -0.39 is 86.5 Å². The van der Waals surface area contributed by atoms with Crippen LogP contribution in [0.3, 0.4) is 0 Å². The van der Waals surface area contributed by atoms with Gasteiger partial charge in [-0.3, -0.25) is 9.29 Å². The fourth-order valence-corrected chi connectivity index (χ4v) is 5.33. The van der Waals surface area contributed by atoms with Crippen LogP contribution in [0, 0.1) is 21.7 Å². The summed E-state index contributed by atoms with van der Waals surface area (Å²) in [5.74, 6) is -16.4. The average Bonchev–Trinajstić information content (AvgIpc) is 2.80. The van der Waals surface area contributed by atoms with Gasteiger partial charge in [0.1, 0.15) is 0 Å². The number of rotatable bonds is 15. The van der Waals surface area contributed by atoms with Crippen LogP contribution in [0.25, 0.3) is 0 Å². The Morgan fingerprint density at radius 3 is 1.28 bits per heavy atom. The van der Waals surface area contributed by atoms with Gasteiger partial charge >= 0.3 is 39.8 Å². The van der Waals surface area contributed by atoms with Crippen LogP contribution in [0.5, 0.6) is 0 Å². The van der Waals surface area contributed by atoms with E-state index >= 15 is 13.2 Å². The second-order valence-electron chi connectivity index (χ2n) is 11.0. The molecule has 0 aliphatic rings. The van der Waals surface area contributed by atoms with E-state index in [0.717, 1.165) is 34.6 Å². The molecule has 0 aliphatic carbocycles. The summed E-state index contributed by atoms with van der Waals surface area (Å²) in [6.07, 6.45) is -15.0. The van der Waals surface area contributed by atoms with Crippen molar-refractivity contribution in [3.63, 3.8) is 0 Å². The number of hydrogen-bond acceptors (Lipinski definition) is 3. The molecule has 0 amide bonds. The predicted octanol–water partition coefficient (Wildman–Crippen LogP) is 8.96. The van der Waals surface area contributed by atoms with E-state index in [9.17, 15) is 43.5 Å². The third-order valence-corrected chi connectivity index (χ3v) is 10.4. The molecule has 39 heavy (non-hydrogen) atoms. The zero-order valence-electron chi connectivity index (χ0n) is 23.1. The molecule has 0 spiro atoms. The van der Waals surface area contributed by atoms with Gasteiger partial charge < -0.3 is 0 Å². The van der Waals surface area contributed by atoms with Crippen LogP contribution in [0.4, 0.5) is 48.3 Å². The van der Waals surface area contributed by atoms with Crippen LogP contribution in [-0.2, 0) is 14.9 Å². The van der Waals surface area contributed by atoms with Gasteiger partial charge in [0.25, 0.3) is 5.85 Å². The first-order valence-electron chi connectivity index (χ1n) is 12.0. The largest absolute Gasteiger partial charge is 0.460 e. The van der Waals surface area contributed by atoms with Crippen LogP contribution in [0.1, 0.15) is 88.0 Å². The van der Waals surface area contributed by atoms with Crippen molar-refractivity contribution >= 4 is 10.1 Å². The molecule has 236 valence electrons. The van der Waals surface area contributed by atoms with Gasteiger partial charge in [-0.25, -0.2) is 13.2 Å². The molecule has 0 aromatic carbocycles. The van der Waals surface area contributed by atoms with Crippen LogP contribution in [0.15, 0.2) is 0 Å². The fourth-order valence-electron chi connectivity index (χ4n) is 4.99. The van der Waals surface area contributed by atoms with E-state index in [-0.39, 0.29) is 20.3 Å². The average molecular weight is 619 g/mol. The van der Waals surface area contributed by atoms with Gasteiger partial charge in [0.05, 0.1) is 0 Å². The minimum absolute atomic E-state index is 0.221. The third kappa shape index (κ3) is 5.05. The maximum atomic E-state index is 17.2. The molecule has 0 aliphatic heterocycles. The summed E-state index contributed by atoms with van der Waals surface area (Å²) in [5, 5.41) is -6.69. The minimum atomic E-state index is -7.12. The van der Waals surface area contributed by atoms with E-state index in [0.29, 0.717) is 6.92 Å². The van der Waals surface area contributed by atoms with E-state index in [4.69, 9.17) is 4.55 Å². The van der Waals surface area contributed by atoms with Crippen molar-refractivity contribution in [1.29, 1.82) is 0 Å². The molecule has 16 heteroatoms. The quantitative estimate of drug-likeness (QED) is 0.147. The van der Waals surface area contributed by atoms with Crippen molar-refractivity contribution in [2.24, 2.45) is 21.7 Å². The van der Waals surface area contributed by atoms with Gasteiger partial charge in [-0.05, 0) is 24.7 Å². The molecule has 0 rings (SSSR count). The molecule has 0 radical (unpaired) electrons. The maximum absolute atomic E-state index is 17.2. The lowest BCUT2D eigenvalue weighted by Gasteiger charge is -2.61. The second-order valence-corrected chi connectivity index (χ2v) is 12.5. The zero-order chi connectivity index (χ0) is 32.1. The Morgan fingerprint density at radius 1 is 0.667 bits per heavy atom. The monoisotopic (exact) mass is 618 g/mol. The highest BCUT2D eigenvalue weighted by Gasteiger charge is 2.84. The Balaban J connectivity index is 8.13. The molecule has 4 unspecified atom stereocenters. The van der Waals surface area contributed by atoms with Crippen molar-refractivity contribution < 1.29 is 66.0 Å². The molecule has 0 fully saturated rings. The molecule has 0 bridgehead atoms. The summed E-state index contributed by atoms with van der Waals surface area (Å²) in [6, 6.07) is 0. The van der Waals surface area contributed by atoms with E-state index in [1.807, 2.05) is 0 Å². The Hall–Kier alpha value is -0.900. The van der Waals surface area contributed by atoms with Crippen LogP contribution in [-0.4, -0.2) is 48.5 Å². The van der Waals surface area contributed by atoms with Gasteiger partial charge in [0, 0.05) is 16.2 Å². The first kappa shape index (κ1) is 38.1. The lowest BCUT2D eigenvalue weighted by Crippen LogP contribution is -2.73. The smallest absolute Gasteiger partial charge is 0.281 e. The Labute approximate surface area is 221 Å². The molecule has 0 saturated heterocycles. The maximum Gasteiger partial charge on any atom is 0.460 e. The predicted molar refractivity (Wildman–Crippen MR) is 122 cm³/mol. The molecular formula is C23H37F11O4S. The van der Waals surface area contributed by atoms with E-state index in [1.54, 1.807) is 0 Å². The van der Waals surface area contributed by atoms with E-state index in [2.05, 4.69) is 4.74 Å². The number of alkyl halides is 11. The normalized spacial score (nSPS) is 21.2. The lowest BCUT2D eigenvalue weighted by atomic mass is 9.50. The summed E-state index contributed by atoms with van der Waals surface area (Å²) in [6.45, 7) is 6.96. The molecule has 4 nitrogen and oxygen atoms in total. The van der Waals surface area contributed by atoms with Crippen LogP contribution < -0.4 is 0 Å². The summed E-state index contributed by atoms with van der Waals surface area (Å²) in [7, 11) is -7.12. The van der Waals surface area contributed by atoms with Crippen molar-refractivity contribution in [3.8, 4) is 0 Å². The number of hydrogen-bond donors (Lipinski definition) is 1. The molecule has 0 aromatic rings. The lowest BCUT2D eigenvalue weighted by molar-refractivity contribution is -0.474. The Morgan fingerprint density at radius 2 is 1.03 bits per heavy atom. The van der Waals surface area contributed by atoms with Crippen molar-refractivity contribution in [3.05, 3.63) is 0 Å². The van der Waals surface area contributed by atoms with Crippen molar-refractivity contribution in [2.45, 2.75) is 123 Å². The van der Waals surface area contributed by atoms with Gasteiger partial charge in [-0.1, -0.05) is 68.7 Å². The highest BCUT2D eigenvalue weighted by molar-refractivity contribution is 7.86.